The molecule has 5 heteroatoms. The van der Waals surface area contributed by atoms with Gasteiger partial charge in [0.05, 0.1) is 5.69 Å². The second-order valence-corrected chi connectivity index (χ2v) is 3.89. The van der Waals surface area contributed by atoms with Gasteiger partial charge >= 0.3 is 5.97 Å². The Kier molecular flexibility index (Phi) is 3.52. The Morgan fingerprint density at radius 3 is 2.44 bits per heavy atom. The second-order valence-electron chi connectivity index (χ2n) is 3.89. The lowest BCUT2D eigenvalue weighted by molar-refractivity contribution is -0.138. The van der Waals surface area contributed by atoms with E-state index in [0.29, 0.717) is 11.4 Å². The fourth-order valence-corrected chi connectivity index (χ4v) is 1.56. The summed E-state index contributed by atoms with van der Waals surface area (Å²) in [5.74, 6) is -0.513. The number of aliphatic carboxylic acids is 1. The Balaban J connectivity index is 2.22. The van der Waals surface area contributed by atoms with Crippen molar-refractivity contribution in [2.75, 3.05) is 5.32 Å². The minimum atomic E-state index is -0.955. The number of rotatable bonds is 4. The lowest BCUT2D eigenvalue weighted by atomic mass is 10.1. The van der Waals surface area contributed by atoms with Crippen LogP contribution >= 0.6 is 0 Å². The fraction of sp³-hybridized carbons (Fsp3) is 0.154. The Labute approximate surface area is 104 Å². The lowest BCUT2D eigenvalue weighted by Crippen LogP contribution is -2.21. The summed E-state index contributed by atoms with van der Waals surface area (Å²) >= 11 is 0. The number of carboxylic acids is 1. The maximum atomic E-state index is 11.3. The topological polar surface area (TPSA) is 75.1 Å². The first-order valence-corrected chi connectivity index (χ1v) is 5.51. The van der Waals surface area contributed by atoms with Gasteiger partial charge in [-0.3, -0.25) is 0 Å². The molecule has 0 aliphatic heterocycles. The smallest absolute Gasteiger partial charge is 0.330 e. The van der Waals surface area contributed by atoms with E-state index in [1.165, 1.54) is 0 Å². The van der Waals surface area contributed by atoms with Crippen molar-refractivity contribution in [3.63, 3.8) is 0 Å². The summed E-state index contributed by atoms with van der Waals surface area (Å²) in [6, 6.07) is 11.6. The van der Waals surface area contributed by atoms with Crippen LogP contribution < -0.4 is 5.32 Å². The van der Waals surface area contributed by atoms with Crippen LogP contribution in [-0.2, 0) is 4.79 Å². The van der Waals surface area contributed by atoms with Crippen molar-refractivity contribution in [3.05, 3.63) is 53.7 Å². The van der Waals surface area contributed by atoms with E-state index in [1.807, 2.05) is 13.0 Å². The zero-order chi connectivity index (χ0) is 13.0. The van der Waals surface area contributed by atoms with Crippen LogP contribution in [0.25, 0.3) is 0 Å². The average molecular weight is 243 g/mol. The van der Waals surface area contributed by atoms with Crippen LogP contribution in [0.3, 0.4) is 0 Å². The molecule has 1 unspecified atom stereocenters. The van der Waals surface area contributed by atoms with E-state index < -0.39 is 12.0 Å². The zero-order valence-electron chi connectivity index (χ0n) is 9.87. The molecule has 0 radical (unpaired) electrons. The molecular weight excluding hydrogens is 230 g/mol. The largest absolute Gasteiger partial charge is 0.479 e. The highest BCUT2D eigenvalue weighted by Crippen LogP contribution is 2.17. The number of hydrogen-bond acceptors (Lipinski definition) is 4. The molecule has 0 aliphatic carbocycles. The molecule has 2 N–H and O–H groups in total. The number of carbonyl (C=O) groups is 1. The summed E-state index contributed by atoms with van der Waals surface area (Å²) in [6.07, 6.45) is 0. The Morgan fingerprint density at radius 2 is 1.89 bits per heavy atom. The predicted molar refractivity (Wildman–Crippen MR) is 67.2 cm³/mol. The average Bonchev–Trinajstić information content (AvgIpc) is 2.38. The first-order chi connectivity index (χ1) is 8.66. The minimum Gasteiger partial charge on any atom is -0.479 e. The van der Waals surface area contributed by atoms with Crippen molar-refractivity contribution in [2.45, 2.75) is 13.0 Å². The number of benzene rings is 1. The highest BCUT2D eigenvalue weighted by Gasteiger charge is 2.19. The molecule has 2 rings (SSSR count). The summed E-state index contributed by atoms with van der Waals surface area (Å²) in [5.41, 5.74) is 1.46. The zero-order valence-corrected chi connectivity index (χ0v) is 9.87. The first kappa shape index (κ1) is 12.0. The summed E-state index contributed by atoms with van der Waals surface area (Å²) in [4.78, 5) is 11.3. The van der Waals surface area contributed by atoms with Gasteiger partial charge in [-0.2, -0.15) is 5.10 Å². The van der Waals surface area contributed by atoms with Gasteiger partial charge in [-0.1, -0.05) is 30.3 Å². The van der Waals surface area contributed by atoms with Crippen molar-refractivity contribution >= 4 is 11.8 Å². The van der Waals surface area contributed by atoms with E-state index in [9.17, 15) is 9.90 Å². The maximum Gasteiger partial charge on any atom is 0.330 e. The highest BCUT2D eigenvalue weighted by molar-refractivity contribution is 5.78. The van der Waals surface area contributed by atoms with Crippen molar-refractivity contribution in [3.8, 4) is 0 Å². The lowest BCUT2D eigenvalue weighted by Gasteiger charge is -2.14. The summed E-state index contributed by atoms with van der Waals surface area (Å²) in [6.45, 7) is 1.82. The molecule has 0 saturated heterocycles. The van der Waals surface area contributed by atoms with E-state index in [1.54, 1.807) is 36.4 Å². The highest BCUT2D eigenvalue weighted by atomic mass is 16.4. The number of nitrogens with zero attached hydrogens (tertiary/aromatic N) is 2. The fourth-order valence-electron chi connectivity index (χ4n) is 1.56. The minimum absolute atomic E-state index is 0.442. The quantitative estimate of drug-likeness (QED) is 0.859. The molecule has 0 saturated carbocycles. The van der Waals surface area contributed by atoms with Gasteiger partial charge in [0.15, 0.2) is 6.04 Å². The number of nitrogens with one attached hydrogen (secondary N) is 1. The molecular formula is C13H13N3O2. The van der Waals surface area contributed by atoms with Crippen LogP contribution in [0.4, 0.5) is 5.82 Å². The van der Waals surface area contributed by atoms with Crippen LogP contribution in [0.1, 0.15) is 17.3 Å². The van der Waals surface area contributed by atoms with Gasteiger partial charge in [0.2, 0.25) is 0 Å². The Bertz CT molecular complexity index is 526. The van der Waals surface area contributed by atoms with Gasteiger partial charge in [-0.25, -0.2) is 4.79 Å². The summed E-state index contributed by atoms with van der Waals surface area (Å²) < 4.78 is 0. The van der Waals surface area contributed by atoms with Gasteiger partial charge in [0.1, 0.15) is 5.82 Å². The van der Waals surface area contributed by atoms with Crippen LogP contribution in [0.5, 0.6) is 0 Å². The Hall–Kier alpha value is -2.43. The van der Waals surface area contributed by atoms with E-state index in [2.05, 4.69) is 15.5 Å². The van der Waals surface area contributed by atoms with Gasteiger partial charge in [0.25, 0.3) is 0 Å². The van der Waals surface area contributed by atoms with Gasteiger partial charge < -0.3 is 10.4 Å². The van der Waals surface area contributed by atoms with Gasteiger partial charge in [-0.05, 0) is 24.6 Å². The molecule has 1 aromatic heterocycles. The third kappa shape index (κ3) is 2.82. The number of aromatic nitrogens is 2. The first-order valence-electron chi connectivity index (χ1n) is 5.51. The van der Waals surface area contributed by atoms with E-state index >= 15 is 0 Å². The maximum absolute atomic E-state index is 11.3. The molecule has 0 aliphatic rings. The van der Waals surface area contributed by atoms with Crippen LogP contribution in [-0.4, -0.2) is 21.3 Å². The molecule has 1 aromatic carbocycles. The number of carboxylic acid groups (broad SMARTS) is 1. The van der Waals surface area contributed by atoms with Crippen LogP contribution in [0.2, 0.25) is 0 Å². The van der Waals surface area contributed by atoms with E-state index in [-0.39, 0.29) is 0 Å². The molecule has 1 heterocycles. The molecule has 1 atom stereocenters. The molecule has 18 heavy (non-hydrogen) atoms. The van der Waals surface area contributed by atoms with Crippen molar-refractivity contribution < 1.29 is 9.90 Å². The number of aryl methyl sites for hydroxylation is 1. The van der Waals surface area contributed by atoms with Crippen LogP contribution in [0.15, 0.2) is 42.5 Å². The number of hydrogen-bond donors (Lipinski definition) is 2. The van der Waals surface area contributed by atoms with Crippen molar-refractivity contribution in [2.24, 2.45) is 0 Å². The van der Waals surface area contributed by atoms with Gasteiger partial charge in [-0.15, -0.1) is 5.10 Å². The molecule has 0 bridgehead atoms. The Morgan fingerprint density at radius 1 is 1.17 bits per heavy atom. The van der Waals surface area contributed by atoms with Gasteiger partial charge in [0, 0.05) is 0 Å². The third-order valence-electron chi connectivity index (χ3n) is 2.47. The second kappa shape index (κ2) is 5.27. The molecule has 0 spiro atoms. The normalized spacial score (nSPS) is 11.8. The third-order valence-corrected chi connectivity index (χ3v) is 2.47. The molecule has 0 amide bonds. The van der Waals surface area contributed by atoms with Crippen LogP contribution in [0, 0.1) is 6.92 Å². The van der Waals surface area contributed by atoms with Crippen molar-refractivity contribution in [1.82, 2.24) is 10.2 Å². The predicted octanol–water partition coefficient (Wildman–Crippen LogP) is 2.02. The van der Waals surface area contributed by atoms with E-state index in [0.717, 1.165) is 5.69 Å². The molecule has 5 nitrogen and oxygen atoms in total. The summed E-state index contributed by atoms with van der Waals surface area (Å²) in [7, 11) is 0. The standard InChI is InChI=1S/C13H13N3O2/c1-9-7-8-11(16-15-9)14-12(13(17)18)10-5-3-2-4-6-10/h2-8,12H,1H3,(H,14,16)(H,17,18). The number of anilines is 1. The molecule has 2 aromatic rings. The SMILES string of the molecule is Cc1ccc(NC(C(=O)O)c2ccccc2)nn1. The summed E-state index contributed by atoms with van der Waals surface area (Å²) in [5, 5.41) is 19.9. The monoisotopic (exact) mass is 243 g/mol. The molecule has 0 fully saturated rings. The van der Waals surface area contributed by atoms with Crippen molar-refractivity contribution in [1.29, 1.82) is 0 Å². The van der Waals surface area contributed by atoms with E-state index in [4.69, 9.17) is 0 Å². The molecule has 92 valence electrons.